The van der Waals surface area contributed by atoms with Crippen LogP contribution in [0.3, 0.4) is 0 Å². The second-order valence-corrected chi connectivity index (χ2v) is 6.29. The van der Waals surface area contributed by atoms with E-state index in [1.54, 1.807) is 0 Å². The van der Waals surface area contributed by atoms with Crippen LogP contribution in [0.15, 0.2) is 0 Å². The molecule has 21 heavy (non-hydrogen) atoms. The number of nitrogens with one attached hydrogen (secondary N) is 2. The predicted octanol–water partition coefficient (Wildman–Crippen LogP) is 2.38. The van der Waals surface area contributed by atoms with Gasteiger partial charge in [-0.25, -0.2) is 0 Å². The van der Waals surface area contributed by atoms with E-state index >= 15 is 0 Å². The highest BCUT2D eigenvalue weighted by molar-refractivity contribution is 4.80. The van der Waals surface area contributed by atoms with Gasteiger partial charge < -0.3 is 10.6 Å². The molecule has 0 amide bonds. The van der Waals surface area contributed by atoms with Crippen molar-refractivity contribution in [3.8, 4) is 0 Å². The van der Waals surface area contributed by atoms with Crippen molar-refractivity contribution in [1.29, 1.82) is 0 Å². The minimum atomic E-state index is -3.97. The first-order chi connectivity index (χ1) is 10.1. The van der Waals surface area contributed by atoms with Crippen molar-refractivity contribution in [2.45, 2.75) is 50.7 Å². The average Bonchev–Trinajstić information content (AvgIpc) is 3.03. The van der Waals surface area contributed by atoms with Crippen molar-refractivity contribution in [1.82, 2.24) is 15.5 Å². The molecule has 2 aliphatic heterocycles. The molecule has 0 atom stereocenters. The van der Waals surface area contributed by atoms with Crippen LogP contribution in [0.4, 0.5) is 13.2 Å². The quantitative estimate of drug-likeness (QED) is 0.779. The predicted molar refractivity (Wildman–Crippen MR) is 78.3 cm³/mol. The van der Waals surface area contributed by atoms with Gasteiger partial charge in [-0.05, 0) is 38.8 Å². The fourth-order valence-corrected chi connectivity index (χ4v) is 3.47. The number of alkyl halides is 3. The van der Waals surface area contributed by atoms with Gasteiger partial charge in [0, 0.05) is 32.2 Å². The topological polar surface area (TPSA) is 27.3 Å². The number of halogens is 3. The molecule has 2 N–H and O–H groups in total. The van der Waals surface area contributed by atoms with E-state index in [0.29, 0.717) is 13.1 Å². The lowest BCUT2D eigenvalue weighted by atomic mass is 9.98. The molecule has 0 aromatic carbocycles. The molecule has 124 valence electrons. The molecule has 6 heteroatoms. The van der Waals surface area contributed by atoms with Crippen LogP contribution in [0.25, 0.3) is 0 Å². The summed E-state index contributed by atoms with van der Waals surface area (Å²) < 4.78 is 35.7. The largest absolute Gasteiger partial charge is 0.391 e. The van der Waals surface area contributed by atoms with Gasteiger partial charge in [0.1, 0.15) is 0 Å². The van der Waals surface area contributed by atoms with Gasteiger partial charge in [-0.3, -0.25) is 4.90 Å². The Morgan fingerprint density at radius 2 is 1.29 bits per heavy atom. The molecule has 3 fully saturated rings. The van der Waals surface area contributed by atoms with Gasteiger partial charge in [-0.1, -0.05) is 12.8 Å². The Labute approximate surface area is 125 Å². The summed E-state index contributed by atoms with van der Waals surface area (Å²) in [5.41, 5.74) is 0. The van der Waals surface area contributed by atoms with E-state index in [1.807, 2.05) is 0 Å². The molecule has 3 nitrogen and oxygen atoms in total. The summed E-state index contributed by atoms with van der Waals surface area (Å²) in [7, 11) is 0. The fraction of sp³-hybridized carbons (Fsp3) is 1.00. The summed E-state index contributed by atoms with van der Waals surface area (Å²) in [4.78, 5) is 2.67. The van der Waals surface area contributed by atoms with Crippen LogP contribution in [0.2, 0.25) is 0 Å². The summed E-state index contributed by atoms with van der Waals surface area (Å²) >= 11 is 0. The van der Waals surface area contributed by atoms with E-state index in [-0.39, 0.29) is 12.8 Å². The van der Waals surface area contributed by atoms with E-state index in [1.165, 1.54) is 51.9 Å². The van der Waals surface area contributed by atoms with Gasteiger partial charge >= 0.3 is 6.18 Å². The van der Waals surface area contributed by atoms with Gasteiger partial charge in [0.25, 0.3) is 0 Å². The second-order valence-electron chi connectivity index (χ2n) is 6.29. The number of hydrogen-bond acceptors (Lipinski definition) is 3. The minimum Gasteiger partial charge on any atom is -0.317 e. The van der Waals surface area contributed by atoms with Crippen LogP contribution < -0.4 is 10.6 Å². The molecule has 0 radical (unpaired) electrons. The molecular formula is C15H28F3N3. The Kier molecular flexibility index (Phi) is 6.76. The molecule has 0 aromatic heterocycles. The van der Waals surface area contributed by atoms with Gasteiger partial charge in [0.2, 0.25) is 0 Å². The SMILES string of the molecule is C1CCC(N2CCNCC2)C1.FC(F)(F)C1CCNCC1. The monoisotopic (exact) mass is 307 g/mol. The number of piperazine rings is 1. The standard InChI is InChI=1S/C9H18N2.C6H10F3N/c1-2-4-9(3-1)11-7-5-10-6-8-11;7-6(8,9)5-1-3-10-4-2-5/h9-10H,1-8H2;5,10H,1-4H2. The lowest BCUT2D eigenvalue weighted by Crippen LogP contribution is -2.47. The molecule has 0 spiro atoms. The maximum atomic E-state index is 11.9. The average molecular weight is 307 g/mol. The zero-order chi connectivity index (χ0) is 15.1. The number of hydrogen-bond donors (Lipinski definition) is 2. The molecule has 0 aromatic rings. The first-order valence-electron chi connectivity index (χ1n) is 8.29. The highest BCUT2D eigenvalue weighted by Gasteiger charge is 2.39. The third-order valence-electron chi connectivity index (χ3n) is 4.79. The van der Waals surface area contributed by atoms with E-state index in [0.717, 1.165) is 6.04 Å². The lowest BCUT2D eigenvalue weighted by molar-refractivity contribution is -0.180. The van der Waals surface area contributed by atoms with Gasteiger partial charge in [-0.2, -0.15) is 13.2 Å². The van der Waals surface area contributed by atoms with Crippen molar-refractivity contribution in [3.63, 3.8) is 0 Å². The first kappa shape index (κ1) is 17.0. The summed E-state index contributed by atoms with van der Waals surface area (Å²) in [6, 6.07) is 0.942. The first-order valence-corrected chi connectivity index (χ1v) is 8.29. The highest BCUT2D eigenvalue weighted by Crippen LogP contribution is 2.32. The van der Waals surface area contributed by atoms with E-state index in [9.17, 15) is 13.2 Å². The third kappa shape index (κ3) is 5.75. The smallest absolute Gasteiger partial charge is 0.317 e. The third-order valence-corrected chi connectivity index (χ3v) is 4.79. The maximum Gasteiger partial charge on any atom is 0.391 e. The molecule has 3 rings (SSSR count). The summed E-state index contributed by atoms with van der Waals surface area (Å²) in [5.74, 6) is -1.06. The Bertz CT molecular complexity index is 278. The highest BCUT2D eigenvalue weighted by atomic mass is 19.4. The summed E-state index contributed by atoms with van der Waals surface area (Å²) in [5, 5.41) is 6.28. The normalized spacial score (nSPS) is 26.4. The van der Waals surface area contributed by atoms with Crippen molar-refractivity contribution in [3.05, 3.63) is 0 Å². The van der Waals surface area contributed by atoms with Crippen LogP contribution in [0, 0.1) is 5.92 Å². The Hall–Kier alpha value is -0.330. The molecule has 2 saturated heterocycles. The van der Waals surface area contributed by atoms with Gasteiger partial charge in [-0.15, -0.1) is 0 Å². The molecular weight excluding hydrogens is 279 g/mol. The summed E-state index contributed by atoms with van der Waals surface area (Å²) in [6.45, 7) is 5.98. The number of rotatable bonds is 1. The molecule has 0 unspecified atom stereocenters. The zero-order valence-corrected chi connectivity index (χ0v) is 12.7. The van der Waals surface area contributed by atoms with Crippen LogP contribution in [-0.2, 0) is 0 Å². The Morgan fingerprint density at radius 3 is 1.76 bits per heavy atom. The van der Waals surface area contributed by atoms with Crippen LogP contribution >= 0.6 is 0 Å². The van der Waals surface area contributed by atoms with Crippen LogP contribution in [0.1, 0.15) is 38.5 Å². The van der Waals surface area contributed by atoms with Crippen LogP contribution in [0.5, 0.6) is 0 Å². The van der Waals surface area contributed by atoms with E-state index in [2.05, 4.69) is 15.5 Å². The van der Waals surface area contributed by atoms with E-state index < -0.39 is 12.1 Å². The Balaban J connectivity index is 0.000000155. The van der Waals surface area contributed by atoms with E-state index in [4.69, 9.17) is 0 Å². The van der Waals surface area contributed by atoms with Crippen molar-refractivity contribution in [2.75, 3.05) is 39.3 Å². The molecule has 2 heterocycles. The van der Waals surface area contributed by atoms with Crippen molar-refractivity contribution in [2.24, 2.45) is 5.92 Å². The second kappa shape index (κ2) is 8.34. The molecule has 0 bridgehead atoms. The van der Waals surface area contributed by atoms with Crippen molar-refractivity contribution >= 4 is 0 Å². The Morgan fingerprint density at radius 1 is 0.762 bits per heavy atom. The summed E-state index contributed by atoms with van der Waals surface area (Å²) in [6.07, 6.45) is 2.36. The number of piperidine rings is 1. The van der Waals surface area contributed by atoms with Crippen LogP contribution in [-0.4, -0.2) is 56.4 Å². The molecule has 1 saturated carbocycles. The van der Waals surface area contributed by atoms with Crippen molar-refractivity contribution < 1.29 is 13.2 Å². The van der Waals surface area contributed by atoms with Gasteiger partial charge in [0.15, 0.2) is 0 Å². The molecule has 3 aliphatic rings. The maximum absolute atomic E-state index is 11.9. The minimum absolute atomic E-state index is 0.240. The molecule has 1 aliphatic carbocycles. The van der Waals surface area contributed by atoms with Gasteiger partial charge in [0.05, 0.1) is 5.92 Å². The fourth-order valence-electron chi connectivity index (χ4n) is 3.47. The number of nitrogens with zero attached hydrogens (tertiary/aromatic N) is 1. The zero-order valence-electron chi connectivity index (χ0n) is 12.7. The lowest BCUT2D eigenvalue weighted by Gasteiger charge is -2.32.